The Labute approximate surface area is 120 Å². The number of allylic oxidation sites excluding steroid dienone is 2. The van der Waals surface area contributed by atoms with Crippen LogP contribution in [-0.2, 0) is 11.3 Å². The van der Waals surface area contributed by atoms with E-state index >= 15 is 0 Å². The van der Waals surface area contributed by atoms with Crippen LogP contribution in [0.15, 0.2) is 36.4 Å². The van der Waals surface area contributed by atoms with Crippen molar-refractivity contribution in [3.8, 4) is 0 Å². The molecule has 0 saturated carbocycles. The largest absolute Gasteiger partial charge is 0.339 e. The van der Waals surface area contributed by atoms with Crippen molar-refractivity contribution in [3.05, 3.63) is 47.0 Å². The number of rotatable bonds is 5. The van der Waals surface area contributed by atoms with Gasteiger partial charge >= 0.3 is 0 Å². The van der Waals surface area contributed by atoms with E-state index in [1.165, 1.54) is 0 Å². The minimum Gasteiger partial charge on any atom is -0.339 e. The summed E-state index contributed by atoms with van der Waals surface area (Å²) >= 11 is 6.15. The predicted octanol–water partition coefficient (Wildman–Crippen LogP) is 4.04. The van der Waals surface area contributed by atoms with Crippen molar-refractivity contribution < 1.29 is 4.79 Å². The lowest BCUT2D eigenvalue weighted by molar-refractivity contribution is -0.132. The van der Waals surface area contributed by atoms with Gasteiger partial charge in [-0.05, 0) is 37.3 Å². The molecule has 0 saturated heterocycles. The summed E-state index contributed by atoms with van der Waals surface area (Å²) in [6.07, 6.45) is 7.17. The van der Waals surface area contributed by atoms with Crippen LogP contribution in [0.5, 0.6) is 0 Å². The monoisotopic (exact) mass is 277 g/mol. The molecule has 0 spiro atoms. The van der Waals surface area contributed by atoms with E-state index in [1.54, 1.807) is 0 Å². The van der Waals surface area contributed by atoms with E-state index < -0.39 is 0 Å². The summed E-state index contributed by atoms with van der Waals surface area (Å²) in [7, 11) is 0. The lowest BCUT2D eigenvalue weighted by Gasteiger charge is -2.23. The number of nitrogens with zero attached hydrogens (tertiary/aromatic N) is 1. The fraction of sp³-hybridized carbons (Fsp3) is 0.438. The Morgan fingerprint density at radius 2 is 2.21 bits per heavy atom. The van der Waals surface area contributed by atoms with Crippen LogP contribution in [0.2, 0.25) is 5.02 Å². The molecule has 1 atom stereocenters. The van der Waals surface area contributed by atoms with E-state index in [0.717, 1.165) is 30.0 Å². The molecule has 0 bridgehead atoms. The minimum absolute atomic E-state index is 0.221. The Morgan fingerprint density at radius 1 is 1.42 bits per heavy atom. The van der Waals surface area contributed by atoms with Gasteiger partial charge in [-0.3, -0.25) is 4.79 Å². The summed E-state index contributed by atoms with van der Waals surface area (Å²) in [6, 6.07) is 7.72. The van der Waals surface area contributed by atoms with Crippen LogP contribution in [0, 0.1) is 5.92 Å². The van der Waals surface area contributed by atoms with E-state index in [2.05, 4.69) is 12.2 Å². The van der Waals surface area contributed by atoms with Gasteiger partial charge in [0, 0.05) is 24.5 Å². The van der Waals surface area contributed by atoms with Crippen molar-refractivity contribution in [1.29, 1.82) is 0 Å². The smallest absolute Gasteiger partial charge is 0.223 e. The predicted molar refractivity (Wildman–Crippen MR) is 79.0 cm³/mol. The molecule has 1 aliphatic carbocycles. The van der Waals surface area contributed by atoms with Crippen LogP contribution in [0.1, 0.15) is 31.7 Å². The minimum atomic E-state index is 0.221. The number of benzene rings is 1. The molecule has 0 fully saturated rings. The zero-order valence-corrected chi connectivity index (χ0v) is 12.1. The van der Waals surface area contributed by atoms with E-state index in [4.69, 9.17) is 11.6 Å². The molecule has 1 aromatic rings. The van der Waals surface area contributed by atoms with E-state index in [-0.39, 0.29) is 5.91 Å². The summed E-state index contributed by atoms with van der Waals surface area (Å²) in [4.78, 5) is 14.2. The normalized spacial score (nSPS) is 17.7. The van der Waals surface area contributed by atoms with Gasteiger partial charge in [0.05, 0.1) is 0 Å². The molecule has 102 valence electrons. The van der Waals surface area contributed by atoms with Gasteiger partial charge in [-0.2, -0.15) is 0 Å². The number of hydrogen-bond donors (Lipinski definition) is 0. The highest BCUT2D eigenvalue weighted by atomic mass is 35.5. The van der Waals surface area contributed by atoms with Gasteiger partial charge in [-0.15, -0.1) is 0 Å². The first-order chi connectivity index (χ1) is 9.20. The number of carbonyl (C=O) groups excluding carboxylic acids is 1. The van der Waals surface area contributed by atoms with Gasteiger partial charge in [0.1, 0.15) is 0 Å². The second kappa shape index (κ2) is 6.76. The van der Waals surface area contributed by atoms with Gasteiger partial charge < -0.3 is 4.90 Å². The van der Waals surface area contributed by atoms with E-state index in [1.807, 2.05) is 36.1 Å². The molecule has 0 heterocycles. The SMILES string of the molecule is CCN(Cc1ccccc1Cl)C(=O)CC1C=CCC1. The molecule has 0 aromatic heterocycles. The van der Waals surface area contributed by atoms with Crippen molar-refractivity contribution in [1.82, 2.24) is 4.90 Å². The first-order valence-electron chi connectivity index (χ1n) is 6.88. The zero-order chi connectivity index (χ0) is 13.7. The van der Waals surface area contributed by atoms with Crippen LogP contribution in [0.3, 0.4) is 0 Å². The molecule has 0 N–H and O–H groups in total. The first-order valence-corrected chi connectivity index (χ1v) is 7.26. The number of amides is 1. The number of hydrogen-bond acceptors (Lipinski definition) is 1. The third-order valence-electron chi connectivity index (χ3n) is 3.60. The number of carbonyl (C=O) groups is 1. The molecule has 0 aliphatic heterocycles. The lowest BCUT2D eigenvalue weighted by atomic mass is 10.0. The third kappa shape index (κ3) is 3.84. The van der Waals surface area contributed by atoms with Crippen LogP contribution < -0.4 is 0 Å². The van der Waals surface area contributed by atoms with Crippen molar-refractivity contribution in [3.63, 3.8) is 0 Å². The van der Waals surface area contributed by atoms with Crippen molar-refractivity contribution >= 4 is 17.5 Å². The van der Waals surface area contributed by atoms with Gasteiger partial charge in [-0.1, -0.05) is 42.0 Å². The van der Waals surface area contributed by atoms with E-state index in [0.29, 0.717) is 18.9 Å². The van der Waals surface area contributed by atoms with Crippen molar-refractivity contribution in [2.45, 2.75) is 32.7 Å². The molecule has 19 heavy (non-hydrogen) atoms. The highest BCUT2D eigenvalue weighted by Crippen LogP contribution is 2.22. The second-order valence-electron chi connectivity index (χ2n) is 4.97. The zero-order valence-electron chi connectivity index (χ0n) is 11.3. The second-order valence-corrected chi connectivity index (χ2v) is 5.38. The molecule has 1 aromatic carbocycles. The molecular formula is C16H20ClNO. The third-order valence-corrected chi connectivity index (χ3v) is 3.97. The lowest BCUT2D eigenvalue weighted by Crippen LogP contribution is -2.31. The molecule has 1 unspecified atom stereocenters. The van der Waals surface area contributed by atoms with Crippen LogP contribution in [0.25, 0.3) is 0 Å². The molecule has 1 aliphatic rings. The average Bonchev–Trinajstić information content (AvgIpc) is 2.90. The number of halogens is 1. The molecular weight excluding hydrogens is 258 g/mol. The maximum Gasteiger partial charge on any atom is 0.223 e. The topological polar surface area (TPSA) is 20.3 Å². The Balaban J connectivity index is 1.97. The Kier molecular flexibility index (Phi) is 5.03. The molecule has 1 amide bonds. The average molecular weight is 278 g/mol. The summed E-state index contributed by atoms with van der Waals surface area (Å²) in [5.41, 5.74) is 1.02. The van der Waals surface area contributed by atoms with Crippen molar-refractivity contribution in [2.24, 2.45) is 5.92 Å². The molecule has 3 heteroatoms. The Hall–Kier alpha value is -1.28. The summed E-state index contributed by atoms with van der Waals surface area (Å²) in [5.74, 6) is 0.645. The molecule has 2 nitrogen and oxygen atoms in total. The summed E-state index contributed by atoms with van der Waals surface area (Å²) in [5, 5.41) is 0.731. The standard InChI is InChI=1S/C16H20ClNO/c1-2-18(12-14-9-5-6-10-15(14)17)16(19)11-13-7-3-4-8-13/h3,5-7,9-10,13H,2,4,8,11-12H2,1H3. The highest BCUT2D eigenvalue weighted by molar-refractivity contribution is 6.31. The maximum atomic E-state index is 12.3. The van der Waals surface area contributed by atoms with E-state index in [9.17, 15) is 4.79 Å². The van der Waals surface area contributed by atoms with Crippen LogP contribution in [0.4, 0.5) is 0 Å². The molecule has 2 rings (SSSR count). The first kappa shape index (κ1) is 14.1. The van der Waals surface area contributed by atoms with Gasteiger partial charge in [0.2, 0.25) is 5.91 Å². The van der Waals surface area contributed by atoms with Gasteiger partial charge in [0.15, 0.2) is 0 Å². The van der Waals surface area contributed by atoms with Crippen LogP contribution >= 0.6 is 11.6 Å². The quantitative estimate of drug-likeness (QED) is 0.744. The summed E-state index contributed by atoms with van der Waals surface area (Å²) in [6.45, 7) is 3.34. The van der Waals surface area contributed by atoms with Crippen LogP contribution in [-0.4, -0.2) is 17.4 Å². The summed E-state index contributed by atoms with van der Waals surface area (Å²) < 4.78 is 0. The fourth-order valence-corrected chi connectivity index (χ4v) is 2.62. The highest BCUT2D eigenvalue weighted by Gasteiger charge is 2.19. The Morgan fingerprint density at radius 3 is 2.84 bits per heavy atom. The maximum absolute atomic E-state index is 12.3. The fourth-order valence-electron chi connectivity index (χ4n) is 2.43. The van der Waals surface area contributed by atoms with Crippen molar-refractivity contribution in [2.75, 3.05) is 6.54 Å². The van der Waals surface area contributed by atoms with Gasteiger partial charge in [-0.25, -0.2) is 0 Å². The molecule has 0 radical (unpaired) electrons. The van der Waals surface area contributed by atoms with Gasteiger partial charge in [0.25, 0.3) is 0 Å². The Bertz CT molecular complexity index is 470.